The maximum Gasteiger partial charge on any atom is 0.410 e. The fraction of sp³-hybridized carbons (Fsp3) is 0.346. The van der Waals surface area contributed by atoms with Gasteiger partial charge in [0.2, 0.25) is 5.88 Å². The van der Waals surface area contributed by atoms with Crippen molar-refractivity contribution >= 4 is 17.5 Å². The van der Waals surface area contributed by atoms with E-state index >= 15 is 0 Å². The largest absolute Gasteiger partial charge is 0.444 e. The first-order valence-electron chi connectivity index (χ1n) is 11.5. The van der Waals surface area contributed by atoms with Gasteiger partial charge in [-0.1, -0.05) is 12.1 Å². The molecule has 4 rings (SSSR count). The first-order chi connectivity index (χ1) is 16.8. The Hall–Kier alpha value is -4.19. The zero-order valence-electron chi connectivity index (χ0n) is 20.1. The van der Waals surface area contributed by atoms with Gasteiger partial charge in [-0.05, 0) is 57.9 Å². The highest BCUT2D eigenvalue weighted by Gasteiger charge is 2.32. The number of likely N-dealkylation sites (tertiary alicyclic amines) is 1. The van der Waals surface area contributed by atoms with Crippen LogP contribution in [-0.2, 0) is 4.74 Å². The molecule has 1 amide bonds. The van der Waals surface area contributed by atoms with E-state index in [1.54, 1.807) is 47.8 Å². The van der Waals surface area contributed by atoms with Gasteiger partial charge >= 0.3 is 6.09 Å². The molecule has 1 aliphatic heterocycles. The standard InChI is InChI=1S/C26H28N6O3/c1-26(2,3)35-25(33)32-13-7-10-20(32)16-29-22-17-30-23(18-8-6-12-28-15-18)31-24(22)34-21-11-5-9-19(14-21)27-4/h5-6,8-9,11-12,14-15,17,20,29H,7,10,13,16H2,1-3H3/t20-/m0/s1. The van der Waals surface area contributed by atoms with Gasteiger partial charge in [-0.3, -0.25) is 4.98 Å². The lowest BCUT2D eigenvalue weighted by molar-refractivity contribution is 0.0235. The first-order valence-corrected chi connectivity index (χ1v) is 11.5. The Morgan fingerprint density at radius 3 is 2.86 bits per heavy atom. The zero-order chi connectivity index (χ0) is 24.8. The number of benzene rings is 1. The minimum absolute atomic E-state index is 0.0267. The Kier molecular flexibility index (Phi) is 7.11. The summed E-state index contributed by atoms with van der Waals surface area (Å²) in [6, 6.07) is 10.6. The Morgan fingerprint density at radius 2 is 2.11 bits per heavy atom. The molecule has 3 heterocycles. The molecule has 180 valence electrons. The van der Waals surface area contributed by atoms with Crippen molar-refractivity contribution < 1.29 is 14.3 Å². The Morgan fingerprint density at radius 1 is 1.26 bits per heavy atom. The third kappa shape index (κ3) is 6.23. The van der Waals surface area contributed by atoms with Crippen LogP contribution in [0.1, 0.15) is 33.6 Å². The van der Waals surface area contributed by atoms with Gasteiger partial charge < -0.3 is 19.7 Å². The van der Waals surface area contributed by atoms with Crippen molar-refractivity contribution in [3.8, 4) is 23.0 Å². The van der Waals surface area contributed by atoms with Crippen LogP contribution in [0.15, 0.2) is 55.0 Å². The minimum atomic E-state index is -0.547. The number of amides is 1. The van der Waals surface area contributed by atoms with Gasteiger partial charge in [0.25, 0.3) is 0 Å². The predicted molar refractivity (Wildman–Crippen MR) is 132 cm³/mol. The van der Waals surface area contributed by atoms with Gasteiger partial charge in [0, 0.05) is 31.0 Å². The maximum absolute atomic E-state index is 12.6. The molecule has 1 aromatic carbocycles. The van der Waals surface area contributed by atoms with Crippen molar-refractivity contribution in [2.45, 2.75) is 45.3 Å². The van der Waals surface area contributed by atoms with E-state index < -0.39 is 5.60 Å². The Bertz CT molecular complexity index is 1220. The lowest BCUT2D eigenvalue weighted by Gasteiger charge is -2.29. The van der Waals surface area contributed by atoms with Gasteiger partial charge in [-0.2, -0.15) is 4.98 Å². The summed E-state index contributed by atoms with van der Waals surface area (Å²) < 4.78 is 11.7. The van der Waals surface area contributed by atoms with Crippen molar-refractivity contribution in [3.05, 3.63) is 66.4 Å². The quantitative estimate of drug-likeness (QED) is 0.460. The molecule has 9 nitrogen and oxygen atoms in total. The van der Waals surface area contributed by atoms with E-state index in [4.69, 9.17) is 16.0 Å². The summed E-state index contributed by atoms with van der Waals surface area (Å²) in [5.74, 6) is 1.28. The summed E-state index contributed by atoms with van der Waals surface area (Å²) in [6.07, 6.45) is 6.50. The summed E-state index contributed by atoms with van der Waals surface area (Å²) in [7, 11) is 0. The molecule has 1 atom stereocenters. The number of pyridine rings is 1. The van der Waals surface area contributed by atoms with Gasteiger partial charge in [0.1, 0.15) is 17.0 Å². The van der Waals surface area contributed by atoms with Crippen LogP contribution in [-0.4, -0.2) is 50.7 Å². The smallest absolute Gasteiger partial charge is 0.410 e. The Balaban J connectivity index is 1.56. The molecular weight excluding hydrogens is 444 g/mol. The van der Waals surface area contributed by atoms with Crippen LogP contribution in [0, 0.1) is 6.57 Å². The van der Waals surface area contributed by atoms with E-state index in [1.165, 1.54) is 0 Å². The highest BCUT2D eigenvalue weighted by atomic mass is 16.6. The zero-order valence-corrected chi connectivity index (χ0v) is 20.1. The van der Waals surface area contributed by atoms with Crippen molar-refractivity contribution in [3.63, 3.8) is 0 Å². The van der Waals surface area contributed by atoms with Crippen LogP contribution in [0.5, 0.6) is 11.6 Å². The molecule has 0 aliphatic carbocycles. The minimum Gasteiger partial charge on any atom is -0.444 e. The molecule has 1 N–H and O–H groups in total. The fourth-order valence-corrected chi connectivity index (χ4v) is 3.76. The molecule has 0 spiro atoms. The molecule has 0 radical (unpaired) electrons. The molecular formula is C26H28N6O3. The summed E-state index contributed by atoms with van der Waals surface area (Å²) >= 11 is 0. The number of carbonyl (C=O) groups excluding carboxylic acids is 1. The second-order valence-electron chi connectivity index (χ2n) is 9.22. The number of hydrogen-bond donors (Lipinski definition) is 1. The molecule has 0 unspecified atom stereocenters. The average molecular weight is 473 g/mol. The topological polar surface area (TPSA) is 93.8 Å². The number of rotatable bonds is 6. The number of nitrogens with one attached hydrogen (secondary N) is 1. The SMILES string of the molecule is [C-]#[N+]c1cccc(Oc2nc(-c3cccnc3)ncc2NC[C@@H]2CCCN2C(=O)OC(C)(C)C)c1. The van der Waals surface area contributed by atoms with Crippen molar-refractivity contribution in [2.75, 3.05) is 18.4 Å². The monoisotopic (exact) mass is 472 g/mol. The number of ether oxygens (including phenoxy) is 2. The number of nitrogens with zero attached hydrogens (tertiary/aromatic N) is 5. The number of aromatic nitrogens is 3. The molecule has 1 aliphatic rings. The lowest BCUT2D eigenvalue weighted by atomic mass is 10.2. The van der Waals surface area contributed by atoms with E-state index in [2.05, 4.69) is 25.1 Å². The predicted octanol–water partition coefficient (Wildman–Crippen LogP) is 5.69. The number of hydrogen-bond acceptors (Lipinski definition) is 7. The molecule has 9 heteroatoms. The highest BCUT2D eigenvalue weighted by molar-refractivity contribution is 5.69. The summed E-state index contributed by atoms with van der Waals surface area (Å²) in [5.41, 5.74) is 1.26. The van der Waals surface area contributed by atoms with Crippen LogP contribution in [0.25, 0.3) is 16.2 Å². The summed E-state index contributed by atoms with van der Waals surface area (Å²) in [6.45, 7) is 14.0. The molecule has 3 aromatic rings. The van der Waals surface area contributed by atoms with Crippen molar-refractivity contribution in [1.82, 2.24) is 19.9 Å². The third-order valence-electron chi connectivity index (χ3n) is 5.37. The van der Waals surface area contributed by atoms with Crippen molar-refractivity contribution in [2.24, 2.45) is 0 Å². The molecule has 2 aromatic heterocycles. The molecule has 1 fully saturated rings. The van der Waals surface area contributed by atoms with E-state index in [9.17, 15) is 4.79 Å². The van der Waals surface area contributed by atoms with E-state index in [1.807, 2.05) is 32.9 Å². The van der Waals surface area contributed by atoms with E-state index in [-0.39, 0.29) is 12.1 Å². The number of carbonyl (C=O) groups is 1. The third-order valence-corrected chi connectivity index (χ3v) is 5.37. The summed E-state index contributed by atoms with van der Waals surface area (Å²) in [4.78, 5) is 31.1. The van der Waals surface area contributed by atoms with Gasteiger partial charge in [-0.15, -0.1) is 0 Å². The summed E-state index contributed by atoms with van der Waals surface area (Å²) in [5, 5.41) is 3.35. The van der Waals surface area contributed by atoms with Crippen LogP contribution >= 0.6 is 0 Å². The van der Waals surface area contributed by atoms with Gasteiger partial charge in [0.15, 0.2) is 11.5 Å². The first kappa shape index (κ1) is 24.0. The van der Waals surface area contributed by atoms with Crippen LogP contribution in [0.4, 0.5) is 16.2 Å². The second kappa shape index (κ2) is 10.4. The molecule has 0 bridgehead atoms. The molecule has 1 saturated heterocycles. The van der Waals surface area contributed by atoms with Gasteiger partial charge in [-0.25, -0.2) is 14.6 Å². The normalized spacial score (nSPS) is 15.4. The Labute approximate surface area is 205 Å². The lowest BCUT2D eigenvalue weighted by Crippen LogP contribution is -2.42. The fourth-order valence-electron chi connectivity index (χ4n) is 3.76. The average Bonchev–Trinajstić information content (AvgIpc) is 3.32. The molecule has 0 saturated carbocycles. The van der Waals surface area contributed by atoms with E-state index in [0.717, 1.165) is 18.4 Å². The maximum atomic E-state index is 12.6. The molecule has 35 heavy (non-hydrogen) atoms. The van der Waals surface area contributed by atoms with Crippen LogP contribution in [0.2, 0.25) is 0 Å². The van der Waals surface area contributed by atoms with Crippen molar-refractivity contribution in [1.29, 1.82) is 0 Å². The van der Waals surface area contributed by atoms with Crippen LogP contribution in [0.3, 0.4) is 0 Å². The number of anilines is 1. The highest BCUT2D eigenvalue weighted by Crippen LogP contribution is 2.31. The second-order valence-corrected chi connectivity index (χ2v) is 9.22. The van der Waals surface area contributed by atoms with Gasteiger partial charge in [0.05, 0.1) is 18.8 Å². The van der Waals surface area contributed by atoms with Crippen LogP contribution < -0.4 is 10.1 Å². The van der Waals surface area contributed by atoms with E-state index in [0.29, 0.717) is 41.9 Å².